The third kappa shape index (κ3) is 2.19. The zero-order chi connectivity index (χ0) is 12.4. The Morgan fingerprint density at radius 3 is 2.94 bits per heavy atom. The van der Waals surface area contributed by atoms with Gasteiger partial charge in [0.25, 0.3) is 0 Å². The van der Waals surface area contributed by atoms with Crippen LogP contribution in [0.5, 0.6) is 0 Å². The van der Waals surface area contributed by atoms with Crippen LogP contribution in [0.25, 0.3) is 0 Å². The predicted molar refractivity (Wildman–Crippen MR) is 72.4 cm³/mol. The van der Waals surface area contributed by atoms with Crippen LogP contribution in [0.1, 0.15) is 38.2 Å². The zero-order valence-corrected chi connectivity index (χ0v) is 11.4. The Bertz CT molecular complexity index is 392. The number of aryl methyl sites for hydroxylation is 1. The van der Waals surface area contributed by atoms with Crippen molar-refractivity contribution in [3.8, 4) is 0 Å². The molecule has 2 aliphatic rings. The predicted octanol–water partition coefficient (Wildman–Crippen LogP) is 1.62. The topological polar surface area (TPSA) is 33.1 Å². The molecule has 1 saturated carbocycles. The van der Waals surface area contributed by atoms with Gasteiger partial charge in [-0.1, -0.05) is 12.8 Å². The molecule has 0 radical (unpaired) electrons. The van der Waals surface area contributed by atoms with Crippen LogP contribution in [0, 0.1) is 0 Å². The minimum Gasteiger partial charge on any atom is -0.314 e. The summed E-state index contributed by atoms with van der Waals surface area (Å²) in [4.78, 5) is 2.70. The Balaban J connectivity index is 1.73. The second-order valence-electron chi connectivity index (χ2n) is 5.73. The molecule has 4 nitrogen and oxygen atoms in total. The maximum absolute atomic E-state index is 4.39. The van der Waals surface area contributed by atoms with Crippen molar-refractivity contribution < 1.29 is 0 Å². The molecule has 0 aromatic carbocycles. The number of nitrogens with zero attached hydrogens (tertiary/aromatic N) is 3. The lowest BCUT2D eigenvalue weighted by molar-refractivity contribution is 0.0572. The van der Waals surface area contributed by atoms with Gasteiger partial charge in [-0.25, -0.2) is 0 Å². The van der Waals surface area contributed by atoms with Crippen LogP contribution in [0.2, 0.25) is 0 Å². The number of piperazine rings is 1. The quantitative estimate of drug-likeness (QED) is 0.882. The van der Waals surface area contributed by atoms with Crippen molar-refractivity contribution in [2.75, 3.05) is 19.6 Å². The Labute approximate surface area is 109 Å². The van der Waals surface area contributed by atoms with Crippen LogP contribution in [0.3, 0.4) is 0 Å². The molecule has 100 valence electrons. The standard InChI is InChI=1S/C14H24N4/c1-2-18-11-13(9-16-18)10-17-8-7-15-12-14(17)5-3-4-6-14/h9,11,15H,2-8,10,12H2,1H3. The van der Waals surface area contributed by atoms with Gasteiger partial charge in [-0.05, 0) is 19.8 Å². The summed E-state index contributed by atoms with van der Waals surface area (Å²) in [5.74, 6) is 0. The molecule has 1 aromatic heterocycles. The summed E-state index contributed by atoms with van der Waals surface area (Å²) in [7, 11) is 0. The highest BCUT2D eigenvalue weighted by Gasteiger charge is 2.40. The highest BCUT2D eigenvalue weighted by atomic mass is 15.3. The van der Waals surface area contributed by atoms with Crippen molar-refractivity contribution >= 4 is 0 Å². The summed E-state index contributed by atoms with van der Waals surface area (Å²) in [5, 5.41) is 7.98. The SMILES string of the molecule is CCn1cc(CN2CCNCC23CCCC3)cn1. The van der Waals surface area contributed by atoms with Crippen LogP contribution >= 0.6 is 0 Å². The Morgan fingerprint density at radius 2 is 2.22 bits per heavy atom. The summed E-state index contributed by atoms with van der Waals surface area (Å²) in [6.45, 7) is 7.66. The Kier molecular flexibility index (Phi) is 3.39. The molecule has 3 rings (SSSR count). The first-order valence-corrected chi connectivity index (χ1v) is 7.29. The molecule has 1 spiro atoms. The van der Waals surface area contributed by atoms with Crippen molar-refractivity contribution in [3.05, 3.63) is 18.0 Å². The molecule has 0 atom stereocenters. The minimum absolute atomic E-state index is 0.437. The smallest absolute Gasteiger partial charge is 0.0534 e. The second-order valence-corrected chi connectivity index (χ2v) is 5.73. The largest absolute Gasteiger partial charge is 0.314 e. The van der Waals surface area contributed by atoms with E-state index >= 15 is 0 Å². The van der Waals surface area contributed by atoms with Gasteiger partial charge >= 0.3 is 0 Å². The van der Waals surface area contributed by atoms with E-state index in [-0.39, 0.29) is 0 Å². The first kappa shape index (κ1) is 12.2. The lowest BCUT2D eigenvalue weighted by atomic mass is 9.92. The van der Waals surface area contributed by atoms with E-state index in [2.05, 4.69) is 28.4 Å². The average Bonchev–Trinajstić information content (AvgIpc) is 3.02. The van der Waals surface area contributed by atoms with E-state index in [1.165, 1.54) is 44.3 Å². The lowest BCUT2D eigenvalue weighted by Crippen LogP contribution is -2.59. The normalized spacial score (nSPS) is 23.8. The van der Waals surface area contributed by atoms with Gasteiger partial charge < -0.3 is 5.32 Å². The Hall–Kier alpha value is -0.870. The fraction of sp³-hybridized carbons (Fsp3) is 0.786. The first-order valence-electron chi connectivity index (χ1n) is 7.29. The molecule has 1 aromatic rings. The van der Waals surface area contributed by atoms with Gasteiger partial charge in [-0.3, -0.25) is 9.58 Å². The molecule has 1 saturated heterocycles. The minimum atomic E-state index is 0.437. The molecule has 2 fully saturated rings. The third-order valence-corrected chi connectivity index (χ3v) is 4.60. The van der Waals surface area contributed by atoms with Crippen LogP contribution in [0.4, 0.5) is 0 Å². The molecule has 0 unspecified atom stereocenters. The van der Waals surface area contributed by atoms with Gasteiger partial charge in [0.1, 0.15) is 0 Å². The van der Waals surface area contributed by atoms with E-state index in [0.717, 1.165) is 19.6 Å². The molecule has 0 bridgehead atoms. The molecular weight excluding hydrogens is 224 g/mol. The summed E-state index contributed by atoms with van der Waals surface area (Å²) >= 11 is 0. The number of hydrogen-bond donors (Lipinski definition) is 1. The van der Waals surface area contributed by atoms with Crippen molar-refractivity contribution in [3.63, 3.8) is 0 Å². The van der Waals surface area contributed by atoms with Crippen LogP contribution < -0.4 is 5.32 Å². The molecule has 0 amide bonds. The number of nitrogens with one attached hydrogen (secondary N) is 1. The molecule has 1 N–H and O–H groups in total. The average molecular weight is 248 g/mol. The molecular formula is C14H24N4. The summed E-state index contributed by atoms with van der Waals surface area (Å²) in [5.41, 5.74) is 1.80. The van der Waals surface area contributed by atoms with Crippen molar-refractivity contribution in [1.29, 1.82) is 0 Å². The van der Waals surface area contributed by atoms with E-state index in [0.29, 0.717) is 5.54 Å². The fourth-order valence-corrected chi connectivity index (χ4v) is 3.54. The monoisotopic (exact) mass is 248 g/mol. The van der Waals surface area contributed by atoms with E-state index in [1.807, 2.05) is 10.9 Å². The molecule has 18 heavy (non-hydrogen) atoms. The van der Waals surface area contributed by atoms with E-state index in [9.17, 15) is 0 Å². The Morgan fingerprint density at radius 1 is 1.39 bits per heavy atom. The van der Waals surface area contributed by atoms with Gasteiger partial charge in [-0.15, -0.1) is 0 Å². The van der Waals surface area contributed by atoms with Crippen molar-refractivity contribution in [2.24, 2.45) is 0 Å². The zero-order valence-electron chi connectivity index (χ0n) is 11.4. The van der Waals surface area contributed by atoms with Crippen LogP contribution in [-0.2, 0) is 13.1 Å². The highest BCUT2D eigenvalue weighted by molar-refractivity contribution is 5.08. The van der Waals surface area contributed by atoms with Gasteiger partial charge in [0.05, 0.1) is 6.20 Å². The van der Waals surface area contributed by atoms with Gasteiger partial charge in [-0.2, -0.15) is 5.10 Å². The van der Waals surface area contributed by atoms with Gasteiger partial charge in [0, 0.05) is 50.0 Å². The molecule has 2 heterocycles. The first-order chi connectivity index (χ1) is 8.82. The van der Waals surface area contributed by atoms with Gasteiger partial charge in [0.15, 0.2) is 0 Å². The van der Waals surface area contributed by atoms with Crippen LogP contribution in [-0.4, -0.2) is 39.9 Å². The summed E-state index contributed by atoms with van der Waals surface area (Å²) < 4.78 is 2.03. The van der Waals surface area contributed by atoms with E-state index < -0.39 is 0 Å². The second kappa shape index (κ2) is 5.02. The van der Waals surface area contributed by atoms with Crippen molar-refractivity contribution in [2.45, 2.75) is 51.2 Å². The number of rotatable bonds is 3. The molecule has 1 aliphatic heterocycles. The number of aromatic nitrogens is 2. The molecule has 1 aliphatic carbocycles. The highest BCUT2D eigenvalue weighted by Crippen LogP contribution is 2.36. The summed E-state index contributed by atoms with van der Waals surface area (Å²) in [6.07, 6.45) is 9.75. The maximum Gasteiger partial charge on any atom is 0.0534 e. The lowest BCUT2D eigenvalue weighted by Gasteiger charge is -2.45. The fourth-order valence-electron chi connectivity index (χ4n) is 3.54. The number of hydrogen-bond acceptors (Lipinski definition) is 3. The van der Waals surface area contributed by atoms with Crippen molar-refractivity contribution in [1.82, 2.24) is 20.0 Å². The van der Waals surface area contributed by atoms with Crippen LogP contribution in [0.15, 0.2) is 12.4 Å². The van der Waals surface area contributed by atoms with Gasteiger partial charge in [0.2, 0.25) is 0 Å². The molecule has 4 heteroatoms. The third-order valence-electron chi connectivity index (χ3n) is 4.60. The maximum atomic E-state index is 4.39. The van der Waals surface area contributed by atoms with E-state index in [4.69, 9.17) is 0 Å². The summed E-state index contributed by atoms with van der Waals surface area (Å²) in [6, 6.07) is 0. The van der Waals surface area contributed by atoms with E-state index in [1.54, 1.807) is 0 Å².